The van der Waals surface area contributed by atoms with Gasteiger partial charge in [-0.1, -0.05) is 42.5 Å². The van der Waals surface area contributed by atoms with Crippen LogP contribution in [-0.4, -0.2) is 12.0 Å². The Morgan fingerprint density at radius 3 is 2.37 bits per heavy atom. The number of nitrogens with two attached hydrogens (primary N) is 1. The average Bonchev–Trinajstić information content (AvgIpc) is 2.76. The highest BCUT2D eigenvalue weighted by molar-refractivity contribution is 6.05. The van der Waals surface area contributed by atoms with Crippen molar-refractivity contribution in [3.63, 3.8) is 0 Å². The predicted molar refractivity (Wildman–Crippen MR) is 109 cm³/mol. The van der Waals surface area contributed by atoms with E-state index >= 15 is 0 Å². The van der Waals surface area contributed by atoms with E-state index in [1.165, 1.54) is 0 Å². The van der Waals surface area contributed by atoms with Crippen LogP contribution in [0, 0.1) is 11.6 Å². The van der Waals surface area contributed by atoms with Gasteiger partial charge in [-0.2, -0.15) is 0 Å². The molecule has 0 aliphatic heterocycles. The van der Waals surface area contributed by atoms with Crippen LogP contribution in [0.5, 0.6) is 0 Å². The quantitative estimate of drug-likeness (QED) is 0.560. The normalized spacial score (nSPS) is 10.4. The number of anilines is 2. The highest BCUT2D eigenvalue weighted by Gasteiger charge is 2.21. The van der Waals surface area contributed by atoms with Crippen LogP contribution in [0.15, 0.2) is 66.7 Å². The lowest BCUT2D eigenvalue weighted by Gasteiger charge is -2.12. The van der Waals surface area contributed by atoms with E-state index in [4.69, 9.17) is 10.5 Å². The number of amides is 2. The first-order valence-corrected chi connectivity index (χ1v) is 9.04. The van der Waals surface area contributed by atoms with Gasteiger partial charge in [0.2, 0.25) is 0 Å². The van der Waals surface area contributed by atoms with Crippen molar-refractivity contribution in [3.8, 4) is 0 Å². The number of carbonyl (C=O) groups excluding carboxylic acids is 2. The Balaban J connectivity index is 1.72. The predicted octanol–water partition coefficient (Wildman–Crippen LogP) is 4.42. The fourth-order valence-electron chi connectivity index (χ4n) is 2.68. The highest BCUT2D eigenvalue weighted by atomic mass is 19.1. The Morgan fingerprint density at radius 2 is 1.63 bits per heavy atom. The molecular weight excluding hydrogens is 392 g/mol. The molecule has 0 saturated carbocycles. The maximum absolute atomic E-state index is 14.8. The van der Waals surface area contributed by atoms with Crippen LogP contribution in [0.3, 0.4) is 0 Å². The Labute approximate surface area is 171 Å². The van der Waals surface area contributed by atoms with E-state index < -0.39 is 34.9 Å². The van der Waals surface area contributed by atoms with Crippen molar-refractivity contribution in [2.45, 2.75) is 13.2 Å². The molecule has 0 bridgehead atoms. The Bertz CT molecular complexity index is 1060. The lowest BCUT2D eigenvalue weighted by atomic mass is 10.1. The van der Waals surface area contributed by atoms with Crippen molar-refractivity contribution in [3.05, 3.63) is 95.1 Å². The number of nitrogens with one attached hydrogen (secondary N) is 2. The second kappa shape index (κ2) is 9.62. The molecule has 0 heterocycles. The van der Waals surface area contributed by atoms with Crippen molar-refractivity contribution in [2.75, 3.05) is 10.6 Å². The van der Waals surface area contributed by atoms with Gasteiger partial charge >= 0.3 is 6.09 Å². The second-order valence-electron chi connectivity index (χ2n) is 6.33. The minimum Gasteiger partial charge on any atom is -0.444 e. The van der Waals surface area contributed by atoms with Crippen molar-refractivity contribution in [1.29, 1.82) is 0 Å². The van der Waals surface area contributed by atoms with E-state index in [0.717, 1.165) is 17.7 Å². The molecule has 0 spiro atoms. The van der Waals surface area contributed by atoms with Gasteiger partial charge in [-0.15, -0.1) is 0 Å². The van der Waals surface area contributed by atoms with Gasteiger partial charge < -0.3 is 15.8 Å². The smallest absolute Gasteiger partial charge is 0.412 e. The third-order valence-corrected chi connectivity index (χ3v) is 4.20. The van der Waals surface area contributed by atoms with E-state index in [1.807, 2.05) is 5.32 Å². The summed E-state index contributed by atoms with van der Waals surface area (Å²) < 4.78 is 33.8. The number of rotatable bonds is 6. The molecule has 154 valence electrons. The number of halogens is 2. The molecular formula is C22H19F2N3O3. The highest BCUT2D eigenvalue weighted by Crippen LogP contribution is 2.24. The van der Waals surface area contributed by atoms with E-state index in [1.54, 1.807) is 54.6 Å². The largest absolute Gasteiger partial charge is 0.444 e. The molecule has 3 aromatic rings. The van der Waals surface area contributed by atoms with Crippen molar-refractivity contribution >= 4 is 23.4 Å². The molecule has 0 aliphatic rings. The zero-order valence-corrected chi connectivity index (χ0v) is 15.8. The van der Waals surface area contributed by atoms with E-state index in [0.29, 0.717) is 11.3 Å². The first kappa shape index (κ1) is 20.9. The van der Waals surface area contributed by atoms with Crippen LogP contribution < -0.4 is 16.4 Å². The Morgan fingerprint density at radius 1 is 0.900 bits per heavy atom. The standard InChI is InChI=1S/C22H19F2N3O3/c23-18-10-9-17(21(28)26-16-8-4-7-15(11-16)12-25)19(24)20(18)27-22(29)30-13-14-5-2-1-3-6-14/h1-11H,12-13,25H2,(H,26,28)(H,27,29). The Hall–Kier alpha value is -3.78. The zero-order chi connectivity index (χ0) is 21.5. The van der Waals surface area contributed by atoms with Crippen LogP contribution in [0.25, 0.3) is 0 Å². The number of hydrogen-bond donors (Lipinski definition) is 3. The zero-order valence-electron chi connectivity index (χ0n) is 15.8. The van der Waals surface area contributed by atoms with Crippen molar-refractivity contribution < 1.29 is 23.1 Å². The van der Waals surface area contributed by atoms with E-state index in [-0.39, 0.29) is 13.2 Å². The van der Waals surface area contributed by atoms with E-state index in [2.05, 4.69) is 5.32 Å². The van der Waals surface area contributed by atoms with Crippen LogP contribution in [-0.2, 0) is 17.9 Å². The summed E-state index contributed by atoms with van der Waals surface area (Å²) in [6.07, 6.45) is -1.05. The summed E-state index contributed by atoms with van der Waals surface area (Å²) >= 11 is 0. The van der Waals surface area contributed by atoms with Gasteiger partial charge in [0.15, 0.2) is 5.82 Å². The topological polar surface area (TPSA) is 93.5 Å². The minimum absolute atomic E-state index is 0.0758. The summed E-state index contributed by atoms with van der Waals surface area (Å²) in [4.78, 5) is 24.4. The van der Waals surface area contributed by atoms with Gasteiger partial charge in [0.05, 0.1) is 5.56 Å². The number of ether oxygens (including phenoxy) is 1. The first-order valence-electron chi connectivity index (χ1n) is 9.04. The molecule has 0 radical (unpaired) electrons. The summed E-state index contributed by atoms with van der Waals surface area (Å²) in [5, 5.41) is 4.54. The fraction of sp³-hybridized carbons (Fsp3) is 0.0909. The molecule has 0 aliphatic carbocycles. The molecule has 6 nitrogen and oxygen atoms in total. The fourth-order valence-corrected chi connectivity index (χ4v) is 2.68. The first-order chi connectivity index (χ1) is 14.5. The SMILES string of the molecule is NCc1cccc(NC(=O)c2ccc(F)c(NC(=O)OCc3ccccc3)c2F)c1. The molecule has 0 unspecified atom stereocenters. The van der Waals surface area contributed by atoms with Gasteiger partial charge in [0.25, 0.3) is 5.91 Å². The molecule has 8 heteroatoms. The molecule has 3 aromatic carbocycles. The van der Waals surface area contributed by atoms with E-state index in [9.17, 15) is 18.4 Å². The average molecular weight is 411 g/mol. The van der Waals surface area contributed by atoms with Gasteiger partial charge in [0, 0.05) is 12.2 Å². The number of carbonyl (C=O) groups is 2. The lowest BCUT2D eigenvalue weighted by molar-refractivity contribution is 0.102. The van der Waals surface area contributed by atoms with Gasteiger partial charge in [-0.3, -0.25) is 10.1 Å². The summed E-state index contributed by atoms with van der Waals surface area (Å²) in [5.41, 5.74) is 6.25. The minimum atomic E-state index is -1.21. The van der Waals surface area contributed by atoms with Crippen LogP contribution >= 0.6 is 0 Å². The lowest BCUT2D eigenvalue weighted by Crippen LogP contribution is -2.19. The molecule has 2 amide bonds. The molecule has 0 fully saturated rings. The summed E-state index contributed by atoms with van der Waals surface area (Å²) in [7, 11) is 0. The monoisotopic (exact) mass is 411 g/mol. The number of benzene rings is 3. The van der Waals surface area contributed by atoms with Gasteiger partial charge in [0.1, 0.15) is 18.1 Å². The Kier molecular flexibility index (Phi) is 6.71. The van der Waals surface area contributed by atoms with Gasteiger partial charge in [-0.25, -0.2) is 13.6 Å². The third-order valence-electron chi connectivity index (χ3n) is 4.20. The number of hydrogen-bond acceptors (Lipinski definition) is 4. The van der Waals surface area contributed by atoms with Crippen LogP contribution in [0.2, 0.25) is 0 Å². The molecule has 3 rings (SSSR count). The maximum atomic E-state index is 14.8. The molecule has 30 heavy (non-hydrogen) atoms. The summed E-state index contributed by atoms with van der Waals surface area (Å²) in [6, 6.07) is 17.4. The molecule has 0 atom stereocenters. The molecule has 0 aromatic heterocycles. The summed E-state index contributed by atoms with van der Waals surface area (Å²) in [6.45, 7) is 0.196. The maximum Gasteiger partial charge on any atom is 0.412 e. The van der Waals surface area contributed by atoms with Crippen molar-refractivity contribution in [1.82, 2.24) is 0 Å². The van der Waals surface area contributed by atoms with Crippen LogP contribution in [0.4, 0.5) is 25.0 Å². The van der Waals surface area contributed by atoms with Crippen molar-refractivity contribution in [2.24, 2.45) is 5.73 Å². The third kappa shape index (κ3) is 5.18. The van der Waals surface area contributed by atoms with Gasteiger partial charge in [-0.05, 0) is 35.4 Å². The second-order valence-corrected chi connectivity index (χ2v) is 6.33. The molecule has 0 saturated heterocycles. The summed E-state index contributed by atoms with van der Waals surface area (Å²) in [5.74, 6) is -3.05. The van der Waals surface area contributed by atoms with Crippen LogP contribution in [0.1, 0.15) is 21.5 Å². The molecule has 4 N–H and O–H groups in total.